The topological polar surface area (TPSA) is 78.4 Å². The monoisotopic (exact) mass is 300 g/mol. The highest BCUT2D eigenvalue weighted by Gasteiger charge is 2.34. The van der Waals surface area contributed by atoms with Gasteiger partial charge in [-0.3, -0.25) is 4.79 Å². The molecule has 0 heterocycles. The molecule has 0 aromatic rings. The third kappa shape index (κ3) is 3.81. The summed E-state index contributed by atoms with van der Waals surface area (Å²) in [7, 11) is 0. The van der Waals surface area contributed by atoms with Crippen LogP contribution in [-0.4, -0.2) is 40.7 Å². The summed E-state index contributed by atoms with van der Waals surface area (Å²) >= 11 is 1.81. The van der Waals surface area contributed by atoms with Gasteiger partial charge >= 0.3 is 12.0 Å². The maximum absolute atomic E-state index is 12.1. The van der Waals surface area contributed by atoms with Gasteiger partial charge in [0.1, 0.15) is 0 Å². The minimum absolute atomic E-state index is 0.200. The van der Waals surface area contributed by atoms with Crippen LogP contribution < -0.4 is 10.6 Å². The third-order valence-electron chi connectivity index (χ3n) is 4.47. The molecule has 5 nitrogen and oxygen atoms in total. The molecule has 2 fully saturated rings. The van der Waals surface area contributed by atoms with Gasteiger partial charge in [-0.2, -0.15) is 11.8 Å². The highest BCUT2D eigenvalue weighted by atomic mass is 32.2. The molecular weight excluding hydrogens is 276 g/mol. The molecule has 0 radical (unpaired) electrons. The first-order chi connectivity index (χ1) is 9.61. The molecule has 114 valence electrons. The van der Waals surface area contributed by atoms with Crippen molar-refractivity contribution >= 4 is 23.8 Å². The second-order valence-electron chi connectivity index (χ2n) is 5.77. The van der Waals surface area contributed by atoms with Crippen LogP contribution in [0.4, 0.5) is 4.79 Å². The van der Waals surface area contributed by atoms with E-state index < -0.39 is 11.9 Å². The maximum atomic E-state index is 12.1. The molecule has 0 aliphatic heterocycles. The SMILES string of the molecule is CSC1CCCCC1NC(=O)NC1CCCC1C(=O)O. The first-order valence-electron chi connectivity index (χ1n) is 7.44. The number of amides is 2. The Bertz CT molecular complexity index is 364. The van der Waals surface area contributed by atoms with E-state index in [4.69, 9.17) is 5.11 Å². The van der Waals surface area contributed by atoms with E-state index in [2.05, 4.69) is 16.9 Å². The number of hydrogen-bond donors (Lipinski definition) is 3. The summed E-state index contributed by atoms with van der Waals surface area (Å²) in [5, 5.41) is 15.5. The molecule has 2 aliphatic carbocycles. The van der Waals surface area contributed by atoms with Crippen molar-refractivity contribution in [3.8, 4) is 0 Å². The average molecular weight is 300 g/mol. The summed E-state index contributed by atoms with van der Waals surface area (Å²) in [5.41, 5.74) is 0. The quantitative estimate of drug-likeness (QED) is 0.744. The molecule has 0 aromatic carbocycles. The highest BCUT2D eigenvalue weighted by Crippen LogP contribution is 2.28. The van der Waals surface area contributed by atoms with Gasteiger partial charge in [-0.05, 0) is 31.9 Å². The Balaban J connectivity index is 1.84. The van der Waals surface area contributed by atoms with Gasteiger partial charge < -0.3 is 15.7 Å². The zero-order chi connectivity index (χ0) is 14.5. The smallest absolute Gasteiger partial charge is 0.315 e. The molecule has 0 saturated heterocycles. The zero-order valence-electron chi connectivity index (χ0n) is 11.9. The number of rotatable bonds is 4. The first-order valence-corrected chi connectivity index (χ1v) is 8.73. The molecule has 3 N–H and O–H groups in total. The lowest BCUT2D eigenvalue weighted by Gasteiger charge is -2.31. The largest absolute Gasteiger partial charge is 0.481 e. The number of carbonyl (C=O) groups excluding carboxylic acids is 1. The lowest BCUT2D eigenvalue weighted by Crippen LogP contribution is -2.51. The number of carboxylic acids is 1. The molecule has 20 heavy (non-hydrogen) atoms. The molecule has 4 atom stereocenters. The van der Waals surface area contributed by atoms with Crippen LogP contribution >= 0.6 is 11.8 Å². The molecular formula is C14H24N2O3S. The predicted molar refractivity (Wildman–Crippen MR) is 80.0 cm³/mol. The number of aliphatic carboxylic acids is 1. The van der Waals surface area contributed by atoms with Crippen LogP contribution in [0.25, 0.3) is 0 Å². The summed E-state index contributed by atoms with van der Waals surface area (Å²) in [4.78, 5) is 23.2. The zero-order valence-corrected chi connectivity index (χ0v) is 12.7. The van der Waals surface area contributed by atoms with Gasteiger partial charge in [0.15, 0.2) is 0 Å². The van der Waals surface area contributed by atoms with Gasteiger partial charge in [0.05, 0.1) is 5.92 Å². The Kier molecular flexibility index (Phi) is 5.57. The van der Waals surface area contributed by atoms with Gasteiger partial charge in [-0.25, -0.2) is 4.79 Å². The standard InChI is InChI=1S/C14H24N2O3S/c1-20-12-8-3-2-6-11(12)16-14(19)15-10-7-4-5-9(10)13(17)18/h9-12H,2-8H2,1H3,(H,17,18)(H2,15,16,19). The molecule has 2 aliphatic rings. The van der Waals surface area contributed by atoms with Crippen LogP contribution in [-0.2, 0) is 4.79 Å². The van der Waals surface area contributed by atoms with Gasteiger partial charge in [-0.1, -0.05) is 19.3 Å². The minimum Gasteiger partial charge on any atom is -0.481 e. The Labute approximate surface area is 124 Å². The molecule has 2 rings (SSSR count). The number of thioether (sulfide) groups is 1. The van der Waals surface area contributed by atoms with Crippen molar-refractivity contribution < 1.29 is 14.7 Å². The van der Waals surface area contributed by atoms with Gasteiger partial charge in [0, 0.05) is 17.3 Å². The van der Waals surface area contributed by atoms with Crippen molar-refractivity contribution in [3.05, 3.63) is 0 Å². The Hall–Kier alpha value is -0.910. The van der Waals surface area contributed by atoms with Crippen LogP contribution in [0.1, 0.15) is 44.9 Å². The van der Waals surface area contributed by atoms with Crippen molar-refractivity contribution in [3.63, 3.8) is 0 Å². The van der Waals surface area contributed by atoms with E-state index in [-0.39, 0.29) is 18.1 Å². The lowest BCUT2D eigenvalue weighted by molar-refractivity contribution is -0.142. The van der Waals surface area contributed by atoms with Gasteiger partial charge in [0.25, 0.3) is 0 Å². The summed E-state index contributed by atoms with van der Waals surface area (Å²) in [6, 6.07) is -0.207. The molecule has 0 bridgehead atoms. The molecule has 6 heteroatoms. The van der Waals surface area contributed by atoms with Crippen molar-refractivity contribution in [1.29, 1.82) is 0 Å². The average Bonchev–Trinajstić information content (AvgIpc) is 2.87. The molecule has 4 unspecified atom stereocenters. The Morgan fingerprint density at radius 3 is 2.35 bits per heavy atom. The fourth-order valence-corrected chi connectivity index (χ4v) is 4.29. The number of urea groups is 1. The van der Waals surface area contributed by atoms with E-state index in [0.29, 0.717) is 11.7 Å². The van der Waals surface area contributed by atoms with Gasteiger partial charge in [-0.15, -0.1) is 0 Å². The van der Waals surface area contributed by atoms with E-state index >= 15 is 0 Å². The lowest BCUT2D eigenvalue weighted by atomic mass is 9.95. The van der Waals surface area contributed by atoms with Crippen molar-refractivity contribution in [2.24, 2.45) is 5.92 Å². The second-order valence-corrected chi connectivity index (χ2v) is 6.84. The van der Waals surface area contributed by atoms with Crippen LogP contribution in [0.15, 0.2) is 0 Å². The van der Waals surface area contributed by atoms with E-state index in [1.807, 2.05) is 11.8 Å². The fraction of sp³-hybridized carbons (Fsp3) is 0.857. The third-order valence-corrected chi connectivity index (χ3v) is 5.64. The molecule has 2 amide bonds. The fourth-order valence-electron chi connectivity index (χ4n) is 3.35. The minimum atomic E-state index is -0.799. The number of carbonyl (C=O) groups is 2. The van der Waals surface area contributed by atoms with E-state index in [0.717, 1.165) is 32.1 Å². The summed E-state index contributed by atoms with van der Waals surface area (Å²) in [5.74, 6) is -1.23. The molecule has 2 saturated carbocycles. The van der Waals surface area contributed by atoms with Crippen LogP contribution in [0.2, 0.25) is 0 Å². The van der Waals surface area contributed by atoms with E-state index in [9.17, 15) is 9.59 Å². The highest BCUT2D eigenvalue weighted by molar-refractivity contribution is 7.99. The van der Waals surface area contributed by atoms with Crippen molar-refractivity contribution in [2.75, 3.05) is 6.26 Å². The Morgan fingerprint density at radius 2 is 1.65 bits per heavy atom. The van der Waals surface area contributed by atoms with Gasteiger partial charge in [0.2, 0.25) is 0 Å². The summed E-state index contributed by atoms with van der Waals surface area (Å²) in [6.07, 6.45) is 8.94. The first kappa shape index (κ1) is 15.5. The normalized spacial score (nSPS) is 33.6. The number of nitrogens with one attached hydrogen (secondary N) is 2. The molecule has 0 spiro atoms. The second kappa shape index (κ2) is 7.20. The van der Waals surface area contributed by atoms with Crippen LogP contribution in [0, 0.1) is 5.92 Å². The predicted octanol–water partition coefficient (Wildman–Crippen LogP) is 2.21. The molecule has 0 aromatic heterocycles. The van der Waals surface area contributed by atoms with Crippen LogP contribution in [0.3, 0.4) is 0 Å². The maximum Gasteiger partial charge on any atom is 0.315 e. The summed E-state index contributed by atoms with van der Waals surface area (Å²) < 4.78 is 0. The van der Waals surface area contributed by atoms with E-state index in [1.54, 1.807) is 0 Å². The van der Waals surface area contributed by atoms with Crippen molar-refractivity contribution in [1.82, 2.24) is 10.6 Å². The number of hydrogen-bond acceptors (Lipinski definition) is 3. The number of carboxylic acid groups (broad SMARTS) is 1. The van der Waals surface area contributed by atoms with E-state index in [1.165, 1.54) is 6.42 Å². The van der Waals surface area contributed by atoms with Crippen LogP contribution in [0.5, 0.6) is 0 Å². The summed E-state index contributed by atoms with van der Waals surface area (Å²) in [6.45, 7) is 0. The Morgan fingerprint density at radius 1 is 1.00 bits per heavy atom. The van der Waals surface area contributed by atoms with Crippen molar-refractivity contribution in [2.45, 2.75) is 62.3 Å².